The van der Waals surface area contributed by atoms with Gasteiger partial charge in [0, 0.05) is 11.8 Å². The standard InChI is InChI=1S/C23H21IN2O7S/c1-3-30-18-8-13(7-15(24)21(18)31-4-2)9-19-22(28)26(23(29)34-19)11-20(27)25-14-5-6-16-17(10-14)33-12-32-16/h5-10H,3-4,11-12H2,1-2H3,(H,25,27)/b19-9+. The second kappa shape index (κ2) is 10.6. The summed E-state index contributed by atoms with van der Waals surface area (Å²) in [6.07, 6.45) is 1.61. The largest absolute Gasteiger partial charge is 0.490 e. The summed E-state index contributed by atoms with van der Waals surface area (Å²) in [5.74, 6) is 1.27. The molecule has 9 nitrogen and oxygen atoms in total. The van der Waals surface area contributed by atoms with E-state index < -0.39 is 23.6 Å². The minimum Gasteiger partial charge on any atom is -0.490 e. The smallest absolute Gasteiger partial charge is 0.294 e. The number of hydrogen-bond donors (Lipinski definition) is 1. The Labute approximate surface area is 213 Å². The SMILES string of the molecule is CCOc1cc(/C=C2/SC(=O)N(CC(=O)Nc3ccc4c(c3)OCO4)C2=O)cc(I)c1OCC. The first-order valence-electron chi connectivity index (χ1n) is 10.4. The Morgan fingerprint density at radius 2 is 1.91 bits per heavy atom. The highest BCUT2D eigenvalue weighted by Gasteiger charge is 2.36. The number of rotatable bonds is 8. The summed E-state index contributed by atoms with van der Waals surface area (Å²) in [5, 5.41) is 2.16. The van der Waals surface area contributed by atoms with Crippen molar-refractivity contribution in [3.8, 4) is 23.0 Å². The molecule has 2 aromatic carbocycles. The van der Waals surface area contributed by atoms with Crippen LogP contribution in [-0.4, -0.2) is 48.5 Å². The lowest BCUT2D eigenvalue weighted by Crippen LogP contribution is -2.36. The van der Waals surface area contributed by atoms with Crippen LogP contribution in [0.1, 0.15) is 19.4 Å². The minimum atomic E-state index is -0.530. The lowest BCUT2D eigenvalue weighted by molar-refractivity contribution is -0.127. The molecule has 178 valence electrons. The Kier molecular flexibility index (Phi) is 7.51. The van der Waals surface area contributed by atoms with Gasteiger partial charge in [-0.15, -0.1) is 0 Å². The number of anilines is 1. The quantitative estimate of drug-likeness (QED) is 0.352. The normalized spacial score (nSPS) is 15.7. The van der Waals surface area contributed by atoms with Gasteiger partial charge in [-0.05, 0) is 84.1 Å². The maximum absolute atomic E-state index is 12.9. The summed E-state index contributed by atoms with van der Waals surface area (Å²) in [7, 11) is 0. The average molecular weight is 596 g/mol. The van der Waals surface area contributed by atoms with E-state index in [-0.39, 0.29) is 11.7 Å². The average Bonchev–Trinajstić information content (AvgIpc) is 3.36. The van der Waals surface area contributed by atoms with Crippen molar-refractivity contribution in [2.24, 2.45) is 0 Å². The van der Waals surface area contributed by atoms with Gasteiger partial charge in [-0.3, -0.25) is 19.3 Å². The summed E-state index contributed by atoms with van der Waals surface area (Å²) < 4.78 is 22.7. The number of thioether (sulfide) groups is 1. The zero-order valence-electron chi connectivity index (χ0n) is 18.4. The van der Waals surface area contributed by atoms with Gasteiger partial charge in [-0.2, -0.15) is 0 Å². The van der Waals surface area contributed by atoms with Gasteiger partial charge in [0.25, 0.3) is 11.1 Å². The molecular weight excluding hydrogens is 575 g/mol. The van der Waals surface area contributed by atoms with Crippen LogP contribution in [0.25, 0.3) is 6.08 Å². The predicted octanol–water partition coefficient (Wildman–Crippen LogP) is 4.49. The molecule has 2 heterocycles. The van der Waals surface area contributed by atoms with Crippen LogP contribution in [0.2, 0.25) is 0 Å². The third-order valence-corrected chi connectivity index (χ3v) is 6.46. The van der Waals surface area contributed by atoms with Gasteiger partial charge in [0.1, 0.15) is 6.54 Å². The van der Waals surface area contributed by atoms with Crippen LogP contribution in [0.3, 0.4) is 0 Å². The molecule has 0 radical (unpaired) electrons. The van der Waals surface area contributed by atoms with E-state index in [0.717, 1.165) is 20.2 Å². The molecule has 2 aliphatic heterocycles. The molecule has 0 spiro atoms. The highest BCUT2D eigenvalue weighted by Crippen LogP contribution is 2.38. The Morgan fingerprint density at radius 3 is 2.68 bits per heavy atom. The molecule has 3 amide bonds. The van der Waals surface area contributed by atoms with Crippen LogP contribution in [0.15, 0.2) is 35.2 Å². The highest BCUT2D eigenvalue weighted by molar-refractivity contribution is 14.1. The van der Waals surface area contributed by atoms with Gasteiger partial charge in [0.15, 0.2) is 23.0 Å². The summed E-state index contributed by atoms with van der Waals surface area (Å²) in [5.41, 5.74) is 1.16. The number of hydrogen-bond acceptors (Lipinski definition) is 8. The molecule has 34 heavy (non-hydrogen) atoms. The van der Waals surface area contributed by atoms with Crippen LogP contribution >= 0.6 is 34.4 Å². The maximum Gasteiger partial charge on any atom is 0.294 e. The number of benzene rings is 2. The second-order valence-corrected chi connectivity index (χ2v) is 9.24. The number of carbonyl (C=O) groups is 3. The van der Waals surface area contributed by atoms with Crippen molar-refractivity contribution in [1.82, 2.24) is 4.90 Å². The van der Waals surface area contributed by atoms with Crippen molar-refractivity contribution in [3.63, 3.8) is 0 Å². The fourth-order valence-electron chi connectivity index (χ4n) is 3.32. The van der Waals surface area contributed by atoms with Crippen molar-refractivity contribution in [1.29, 1.82) is 0 Å². The number of amides is 3. The molecule has 2 aliphatic rings. The summed E-state index contributed by atoms with van der Waals surface area (Å²) in [6, 6.07) is 8.56. The summed E-state index contributed by atoms with van der Waals surface area (Å²) >= 11 is 2.93. The van der Waals surface area contributed by atoms with Crippen LogP contribution in [0.4, 0.5) is 10.5 Å². The molecule has 0 bridgehead atoms. The third kappa shape index (κ3) is 5.25. The van der Waals surface area contributed by atoms with Gasteiger partial charge in [-0.1, -0.05) is 0 Å². The van der Waals surface area contributed by atoms with E-state index in [0.29, 0.717) is 47.5 Å². The fourth-order valence-corrected chi connectivity index (χ4v) is 4.94. The van der Waals surface area contributed by atoms with Gasteiger partial charge < -0.3 is 24.3 Å². The lowest BCUT2D eigenvalue weighted by Gasteiger charge is -2.14. The molecule has 0 unspecified atom stereocenters. The predicted molar refractivity (Wildman–Crippen MR) is 135 cm³/mol. The number of nitrogens with zero attached hydrogens (tertiary/aromatic N) is 1. The topological polar surface area (TPSA) is 103 Å². The molecule has 1 saturated heterocycles. The molecule has 0 saturated carbocycles. The van der Waals surface area contributed by atoms with E-state index in [1.807, 2.05) is 19.9 Å². The number of carbonyl (C=O) groups excluding carboxylic acids is 3. The number of fused-ring (bicyclic) bond motifs is 1. The molecule has 0 aromatic heterocycles. The number of halogens is 1. The third-order valence-electron chi connectivity index (χ3n) is 4.75. The zero-order valence-corrected chi connectivity index (χ0v) is 21.4. The van der Waals surface area contributed by atoms with Crippen LogP contribution in [0, 0.1) is 3.57 Å². The van der Waals surface area contributed by atoms with Crippen LogP contribution < -0.4 is 24.3 Å². The summed E-state index contributed by atoms with van der Waals surface area (Å²) in [6.45, 7) is 4.42. The Hall–Kier alpha value is -2.93. The first-order valence-corrected chi connectivity index (χ1v) is 12.3. The van der Waals surface area contributed by atoms with Gasteiger partial charge in [-0.25, -0.2) is 0 Å². The monoisotopic (exact) mass is 596 g/mol. The van der Waals surface area contributed by atoms with E-state index in [1.165, 1.54) is 0 Å². The van der Waals surface area contributed by atoms with E-state index in [4.69, 9.17) is 18.9 Å². The molecule has 11 heteroatoms. The van der Waals surface area contributed by atoms with Crippen LogP contribution in [-0.2, 0) is 9.59 Å². The molecular formula is C23H21IN2O7S. The zero-order chi connectivity index (χ0) is 24.2. The van der Waals surface area contributed by atoms with Gasteiger partial charge in [0.2, 0.25) is 12.7 Å². The first-order chi connectivity index (χ1) is 16.4. The molecule has 1 N–H and O–H groups in total. The maximum atomic E-state index is 12.9. The second-order valence-electron chi connectivity index (χ2n) is 7.08. The molecule has 0 atom stereocenters. The molecule has 1 fully saturated rings. The van der Waals surface area contributed by atoms with E-state index in [2.05, 4.69) is 27.9 Å². The van der Waals surface area contributed by atoms with Gasteiger partial charge in [0.05, 0.1) is 21.7 Å². The summed E-state index contributed by atoms with van der Waals surface area (Å²) in [4.78, 5) is 39.0. The Balaban J connectivity index is 1.47. The van der Waals surface area contributed by atoms with Crippen molar-refractivity contribution in [3.05, 3.63) is 44.4 Å². The van der Waals surface area contributed by atoms with Crippen LogP contribution in [0.5, 0.6) is 23.0 Å². The highest BCUT2D eigenvalue weighted by atomic mass is 127. The fraction of sp³-hybridized carbons (Fsp3) is 0.261. The van der Waals surface area contributed by atoms with Crippen molar-refractivity contribution >= 4 is 63.2 Å². The van der Waals surface area contributed by atoms with E-state index in [9.17, 15) is 14.4 Å². The molecule has 4 rings (SSSR count). The lowest BCUT2D eigenvalue weighted by atomic mass is 10.2. The number of imide groups is 1. The Bertz CT molecular complexity index is 1180. The number of ether oxygens (including phenoxy) is 4. The van der Waals surface area contributed by atoms with E-state index >= 15 is 0 Å². The van der Waals surface area contributed by atoms with Crippen molar-refractivity contribution in [2.45, 2.75) is 13.8 Å². The minimum absolute atomic E-state index is 0.120. The Morgan fingerprint density at radius 1 is 1.15 bits per heavy atom. The van der Waals surface area contributed by atoms with Crippen molar-refractivity contribution in [2.75, 3.05) is 31.9 Å². The van der Waals surface area contributed by atoms with E-state index in [1.54, 1.807) is 30.3 Å². The first kappa shape index (κ1) is 24.2. The molecule has 0 aliphatic carbocycles. The molecule has 2 aromatic rings. The van der Waals surface area contributed by atoms with Crippen molar-refractivity contribution < 1.29 is 33.3 Å². The number of nitrogens with one attached hydrogen (secondary N) is 1. The van der Waals surface area contributed by atoms with Gasteiger partial charge >= 0.3 is 0 Å².